The van der Waals surface area contributed by atoms with Gasteiger partial charge in [-0.05, 0) is 13.0 Å². The van der Waals surface area contributed by atoms with Gasteiger partial charge in [-0.2, -0.15) is 4.79 Å². The van der Waals surface area contributed by atoms with Gasteiger partial charge in [-0.25, -0.2) is 0 Å². The van der Waals surface area contributed by atoms with Crippen molar-refractivity contribution < 1.29 is 9.90 Å². The molecule has 52 valence electrons. The van der Waals surface area contributed by atoms with Crippen molar-refractivity contribution in [3.63, 3.8) is 0 Å². The molecule has 1 N–H and O–H groups in total. The summed E-state index contributed by atoms with van der Waals surface area (Å²) in [6.07, 6.45) is 3.84. The molecule has 10 heavy (non-hydrogen) atoms. The molecular weight excluding hydrogens is 128 g/mol. The van der Waals surface area contributed by atoms with E-state index in [1.807, 2.05) is 6.92 Å². The van der Waals surface area contributed by atoms with Gasteiger partial charge in [0.2, 0.25) is 5.76 Å². The van der Waals surface area contributed by atoms with Crippen LogP contribution in [0.5, 0.6) is 0 Å². The second-order valence-corrected chi connectivity index (χ2v) is 2.29. The van der Waals surface area contributed by atoms with Crippen molar-refractivity contribution in [1.82, 2.24) is 0 Å². The summed E-state index contributed by atoms with van der Waals surface area (Å²) in [5, 5.41) is 9.01. The average molecular weight is 136 g/mol. The third kappa shape index (κ3) is 1.14. The van der Waals surface area contributed by atoms with E-state index >= 15 is 0 Å². The Morgan fingerprint density at radius 2 is 2.30 bits per heavy atom. The Labute approximate surface area is 58.9 Å². The van der Waals surface area contributed by atoms with Crippen LogP contribution < -0.4 is 0 Å². The Bertz CT molecular complexity index is 257. The summed E-state index contributed by atoms with van der Waals surface area (Å²) in [5.74, 6) is 0.0492. The van der Waals surface area contributed by atoms with Gasteiger partial charge < -0.3 is 10.6 Å². The molecular formula is C7H8N2O. The van der Waals surface area contributed by atoms with Crippen LogP contribution in [-0.2, 0) is 0 Å². The molecule has 0 aromatic carbocycles. The van der Waals surface area contributed by atoms with E-state index in [9.17, 15) is 0 Å². The van der Waals surface area contributed by atoms with Gasteiger partial charge in [0.05, 0.1) is 6.42 Å². The first-order valence-electron chi connectivity index (χ1n) is 3.02. The number of allylic oxidation sites excluding steroid dienone is 4. The predicted molar refractivity (Wildman–Crippen MR) is 37.7 cm³/mol. The number of aliphatic hydroxyl groups is 1. The second kappa shape index (κ2) is 2.50. The van der Waals surface area contributed by atoms with Crippen LogP contribution in [0.25, 0.3) is 5.53 Å². The maximum Gasteiger partial charge on any atom is 0.337 e. The zero-order valence-corrected chi connectivity index (χ0v) is 5.70. The first-order chi connectivity index (χ1) is 4.74. The molecule has 0 aliphatic heterocycles. The van der Waals surface area contributed by atoms with Gasteiger partial charge in [-0.15, -0.1) is 0 Å². The van der Waals surface area contributed by atoms with Crippen LogP contribution in [0.15, 0.2) is 23.5 Å². The van der Waals surface area contributed by atoms with E-state index in [4.69, 9.17) is 10.6 Å². The number of rotatable bonds is 0. The van der Waals surface area contributed by atoms with E-state index in [-0.39, 0.29) is 5.76 Å². The van der Waals surface area contributed by atoms with E-state index < -0.39 is 0 Å². The molecule has 1 aliphatic rings. The Morgan fingerprint density at radius 1 is 1.60 bits per heavy atom. The summed E-state index contributed by atoms with van der Waals surface area (Å²) in [7, 11) is 0. The molecule has 0 spiro atoms. The fourth-order valence-corrected chi connectivity index (χ4v) is 0.818. The Kier molecular flexibility index (Phi) is 1.69. The molecule has 0 fully saturated rings. The van der Waals surface area contributed by atoms with Crippen molar-refractivity contribution in [2.24, 2.45) is 0 Å². The van der Waals surface area contributed by atoms with Crippen LogP contribution in [0.1, 0.15) is 13.3 Å². The number of aliphatic hydroxyl groups excluding tert-OH is 1. The number of hydrogen-bond donors (Lipinski definition) is 1. The van der Waals surface area contributed by atoms with E-state index in [0.29, 0.717) is 12.1 Å². The fraction of sp³-hybridized carbons (Fsp3) is 0.286. The van der Waals surface area contributed by atoms with E-state index in [1.165, 1.54) is 6.08 Å². The van der Waals surface area contributed by atoms with Crippen molar-refractivity contribution in [2.75, 3.05) is 0 Å². The van der Waals surface area contributed by atoms with E-state index in [1.54, 1.807) is 6.08 Å². The molecule has 0 radical (unpaired) electrons. The van der Waals surface area contributed by atoms with Crippen molar-refractivity contribution in [2.45, 2.75) is 13.3 Å². The molecule has 0 aromatic rings. The monoisotopic (exact) mass is 136 g/mol. The molecule has 1 aliphatic carbocycles. The molecule has 3 heteroatoms. The van der Waals surface area contributed by atoms with Gasteiger partial charge in [0.25, 0.3) is 0 Å². The average Bonchev–Trinajstić information content (AvgIpc) is 1.94. The standard InChI is InChI=1S/C7H8N2O/c1-5-2-3-7(10)6(4-5)9-8/h2-3,10H,4H2,1H3. The summed E-state index contributed by atoms with van der Waals surface area (Å²) in [6, 6.07) is 0. The molecule has 1 rings (SSSR count). The third-order valence-electron chi connectivity index (χ3n) is 1.39. The molecule has 0 unspecified atom stereocenters. The molecule has 0 heterocycles. The maximum absolute atomic E-state index is 9.01. The third-order valence-corrected chi connectivity index (χ3v) is 1.39. The minimum atomic E-state index is 0.0492. The molecule has 0 saturated heterocycles. The lowest BCUT2D eigenvalue weighted by atomic mass is 10.0. The lowest BCUT2D eigenvalue weighted by Crippen LogP contribution is -2.07. The highest BCUT2D eigenvalue weighted by molar-refractivity contribution is 5.96. The van der Waals surface area contributed by atoms with Gasteiger partial charge in [0.1, 0.15) is 0 Å². The topological polar surface area (TPSA) is 56.6 Å². The van der Waals surface area contributed by atoms with Gasteiger partial charge in [-0.1, -0.05) is 11.6 Å². The van der Waals surface area contributed by atoms with Crippen LogP contribution in [0, 0.1) is 0 Å². The summed E-state index contributed by atoms with van der Waals surface area (Å²) in [6.45, 7) is 1.91. The zero-order valence-electron chi connectivity index (χ0n) is 5.70. The Morgan fingerprint density at radius 3 is 2.80 bits per heavy atom. The highest BCUT2D eigenvalue weighted by Gasteiger charge is 2.17. The van der Waals surface area contributed by atoms with Gasteiger partial charge in [-0.3, -0.25) is 0 Å². The molecule has 0 amide bonds. The SMILES string of the molecule is CC1=CC=C(O)C(=[N+]=[N-])C1. The van der Waals surface area contributed by atoms with Crippen LogP contribution in [0.2, 0.25) is 0 Å². The van der Waals surface area contributed by atoms with Crippen molar-refractivity contribution in [3.05, 3.63) is 29.0 Å². The van der Waals surface area contributed by atoms with Crippen LogP contribution >= 0.6 is 0 Å². The van der Waals surface area contributed by atoms with Gasteiger partial charge in [0.15, 0.2) is 0 Å². The second-order valence-electron chi connectivity index (χ2n) is 2.29. The summed E-state index contributed by atoms with van der Waals surface area (Å²) in [4.78, 5) is 2.94. The van der Waals surface area contributed by atoms with Crippen LogP contribution in [-0.4, -0.2) is 15.6 Å². The summed E-state index contributed by atoms with van der Waals surface area (Å²) in [5.41, 5.74) is 9.75. The Balaban J connectivity index is 3.00. The lowest BCUT2D eigenvalue weighted by molar-refractivity contribution is -0.0101. The first kappa shape index (κ1) is 6.78. The van der Waals surface area contributed by atoms with E-state index in [2.05, 4.69) is 4.79 Å². The molecule has 0 bridgehead atoms. The Hall–Kier alpha value is -1.34. The van der Waals surface area contributed by atoms with Crippen LogP contribution in [0.4, 0.5) is 0 Å². The maximum atomic E-state index is 9.01. The minimum Gasteiger partial charge on any atom is -0.502 e. The van der Waals surface area contributed by atoms with Crippen molar-refractivity contribution in [1.29, 1.82) is 0 Å². The highest BCUT2D eigenvalue weighted by atomic mass is 16.3. The van der Waals surface area contributed by atoms with Gasteiger partial charge in [0, 0.05) is 0 Å². The fourth-order valence-electron chi connectivity index (χ4n) is 0.818. The largest absolute Gasteiger partial charge is 0.502 e. The number of nitrogens with zero attached hydrogens (tertiary/aromatic N) is 2. The highest BCUT2D eigenvalue weighted by Crippen LogP contribution is 2.11. The van der Waals surface area contributed by atoms with E-state index in [0.717, 1.165) is 5.57 Å². The summed E-state index contributed by atoms with van der Waals surface area (Å²) >= 11 is 0. The smallest absolute Gasteiger partial charge is 0.337 e. The molecule has 3 nitrogen and oxygen atoms in total. The molecule has 0 aromatic heterocycles. The van der Waals surface area contributed by atoms with Crippen molar-refractivity contribution >= 4 is 5.71 Å². The van der Waals surface area contributed by atoms with Crippen LogP contribution in [0.3, 0.4) is 0 Å². The number of hydrogen-bond acceptors (Lipinski definition) is 1. The van der Waals surface area contributed by atoms with Crippen molar-refractivity contribution in [3.8, 4) is 0 Å². The first-order valence-corrected chi connectivity index (χ1v) is 3.02. The minimum absolute atomic E-state index is 0.0492. The summed E-state index contributed by atoms with van der Waals surface area (Å²) < 4.78 is 0. The normalized spacial score (nSPS) is 17.5. The quantitative estimate of drug-likeness (QED) is 0.397. The zero-order chi connectivity index (χ0) is 7.56. The molecule has 0 saturated carbocycles. The van der Waals surface area contributed by atoms with Gasteiger partial charge >= 0.3 is 5.71 Å². The lowest BCUT2D eigenvalue weighted by Gasteiger charge is -2.00. The predicted octanol–water partition coefficient (Wildman–Crippen LogP) is 1.45. The molecule has 0 atom stereocenters.